The number of morpholine rings is 1. The van der Waals surface area contributed by atoms with Crippen molar-refractivity contribution < 1.29 is 9.26 Å². The summed E-state index contributed by atoms with van der Waals surface area (Å²) >= 11 is 0. The van der Waals surface area contributed by atoms with Gasteiger partial charge in [0.2, 0.25) is 0 Å². The van der Waals surface area contributed by atoms with Crippen molar-refractivity contribution >= 4 is 5.96 Å². The molecule has 2 fully saturated rings. The van der Waals surface area contributed by atoms with Crippen molar-refractivity contribution in [2.75, 3.05) is 46.4 Å². The number of rotatable bonds is 6. The third kappa shape index (κ3) is 4.87. The van der Waals surface area contributed by atoms with Crippen LogP contribution >= 0.6 is 0 Å². The third-order valence-electron chi connectivity index (χ3n) is 6.43. The van der Waals surface area contributed by atoms with Gasteiger partial charge in [-0.1, -0.05) is 31.3 Å². The molecular formula is C21H37N5O2. The van der Waals surface area contributed by atoms with Crippen LogP contribution in [0.1, 0.15) is 62.0 Å². The largest absolute Gasteiger partial charge is 0.379 e. The van der Waals surface area contributed by atoms with E-state index in [4.69, 9.17) is 9.26 Å². The predicted molar refractivity (Wildman–Crippen MR) is 112 cm³/mol. The zero-order chi connectivity index (χ0) is 20.0. The normalized spacial score (nSPS) is 22.1. The van der Waals surface area contributed by atoms with Gasteiger partial charge in [-0.05, 0) is 26.7 Å². The monoisotopic (exact) mass is 391 g/mol. The molecule has 1 aromatic heterocycles. The lowest BCUT2D eigenvalue weighted by Gasteiger charge is -2.48. The van der Waals surface area contributed by atoms with Gasteiger partial charge in [-0.3, -0.25) is 9.89 Å². The topological polar surface area (TPSA) is 74.9 Å². The van der Waals surface area contributed by atoms with E-state index in [1.54, 1.807) is 0 Å². The molecule has 0 radical (unpaired) electrons. The molecule has 0 bridgehead atoms. The minimum absolute atomic E-state index is 0.229. The van der Waals surface area contributed by atoms with Crippen molar-refractivity contribution in [1.29, 1.82) is 0 Å². The summed E-state index contributed by atoms with van der Waals surface area (Å²) in [6.45, 7) is 11.7. The van der Waals surface area contributed by atoms with Gasteiger partial charge in [0.25, 0.3) is 0 Å². The average molecular weight is 392 g/mol. The second-order valence-electron chi connectivity index (χ2n) is 8.33. The van der Waals surface area contributed by atoms with Gasteiger partial charge in [0.1, 0.15) is 5.76 Å². The Hall–Kier alpha value is -1.60. The van der Waals surface area contributed by atoms with E-state index < -0.39 is 0 Å². The minimum atomic E-state index is 0.229. The van der Waals surface area contributed by atoms with Gasteiger partial charge in [-0.25, -0.2) is 0 Å². The Kier molecular flexibility index (Phi) is 7.35. The molecule has 7 nitrogen and oxygen atoms in total. The van der Waals surface area contributed by atoms with E-state index in [1.807, 2.05) is 20.9 Å². The van der Waals surface area contributed by atoms with E-state index >= 15 is 0 Å². The average Bonchev–Trinajstić information content (AvgIpc) is 3.07. The Labute approximate surface area is 169 Å². The molecule has 2 N–H and O–H groups in total. The van der Waals surface area contributed by atoms with E-state index in [1.165, 1.54) is 37.7 Å². The van der Waals surface area contributed by atoms with Gasteiger partial charge in [0.15, 0.2) is 5.96 Å². The standard InChI is InChI=1S/C21H37N5O2/c1-16(19-17(2)25-28-18(19)3)14-23-20(22-4)24-15-21(8-6-5-7-9-21)26-10-12-27-13-11-26/h16H,5-15H2,1-4H3,(H2,22,23,24). The molecule has 28 heavy (non-hydrogen) atoms. The van der Waals surface area contributed by atoms with Crippen molar-refractivity contribution in [3.8, 4) is 0 Å². The quantitative estimate of drug-likeness (QED) is 0.574. The maximum absolute atomic E-state index is 5.59. The van der Waals surface area contributed by atoms with Crippen molar-refractivity contribution in [2.24, 2.45) is 4.99 Å². The van der Waals surface area contributed by atoms with Gasteiger partial charge in [0.05, 0.1) is 18.9 Å². The van der Waals surface area contributed by atoms with Gasteiger partial charge in [-0.15, -0.1) is 0 Å². The number of hydrogen-bond acceptors (Lipinski definition) is 5. The number of aliphatic imine (C=N–C) groups is 1. The molecule has 3 rings (SSSR count). The highest BCUT2D eigenvalue weighted by Crippen LogP contribution is 2.33. The SMILES string of the molecule is CN=C(NCC(C)c1c(C)noc1C)NCC1(N2CCOCC2)CCCCC1. The molecule has 0 aromatic carbocycles. The number of nitrogens with zero attached hydrogens (tertiary/aromatic N) is 3. The maximum Gasteiger partial charge on any atom is 0.191 e. The molecule has 158 valence electrons. The lowest BCUT2D eigenvalue weighted by Crippen LogP contribution is -2.60. The summed E-state index contributed by atoms with van der Waals surface area (Å²) in [6, 6.07) is 0. The molecule has 1 aliphatic heterocycles. The fourth-order valence-corrected chi connectivity index (χ4v) is 4.87. The lowest BCUT2D eigenvalue weighted by atomic mass is 9.80. The zero-order valence-corrected chi connectivity index (χ0v) is 18.0. The maximum atomic E-state index is 5.59. The summed E-state index contributed by atoms with van der Waals surface area (Å²) in [4.78, 5) is 7.11. The molecule has 2 aliphatic rings. The highest BCUT2D eigenvalue weighted by atomic mass is 16.5. The van der Waals surface area contributed by atoms with Crippen molar-refractivity contribution in [2.45, 2.75) is 64.3 Å². The van der Waals surface area contributed by atoms with E-state index in [9.17, 15) is 0 Å². The van der Waals surface area contributed by atoms with Crippen LogP contribution in [0.4, 0.5) is 0 Å². The van der Waals surface area contributed by atoms with Crippen LogP contribution in [0.15, 0.2) is 9.52 Å². The molecule has 2 heterocycles. The summed E-state index contributed by atoms with van der Waals surface area (Å²) in [5.74, 6) is 2.09. The highest BCUT2D eigenvalue weighted by Gasteiger charge is 2.38. The number of ether oxygens (including phenoxy) is 1. The van der Waals surface area contributed by atoms with E-state index in [2.05, 4.69) is 32.6 Å². The number of hydrogen-bond donors (Lipinski definition) is 2. The van der Waals surface area contributed by atoms with Crippen LogP contribution in [-0.2, 0) is 4.74 Å². The zero-order valence-electron chi connectivity index (χ0n) is 18.0. The first-order valence-corrected chi connectivity index (χ1v) is 10.8. The molecular weight excluding hydrogens is 354 g/mol. The van der Waals surface area contributed by atoms with Crippen LogP contribution in [0, 0.1) is 13.8 Å². The van der Waals surface area contributed by atoms with Gasteiger partial charge < -0.3 is 19.9 Å². The van der Waals surface area contributed by atoms with Crippen molar-refractivity contribution in [3.05, 3.63) is 17.0 Å². The van der Waals surface area contributed by atoms with Crippen molar-refractivity contribution in [3.63, 3.8) is 0 Å². The Morgan fingerprint density at radius 3 is 2.50 bits per heavy atom. The lowest BCUT2D eigenvalue weighted by molar-refractivity contribution is -0.0352. The van der Waals surface area contributed by atoms with Gasteiger partial charge in [-0.2, -0.15) is 0 Å². The Morgan fingerprint density at radius 1 is 1.18 bits per heavy atom. The highest BCUT2D eigenvalue weighted by molar-refractivity contribution is 5.79. The number of nitrogens with one attached hydrogen (secondary N) is 2. The van der Waals surface area contributed by atoms with Crippen LogP contribution in [-0.4, -0.2) is 68.0 Å². The molecule has 1 unspecified atom stereocenters. The van der Waals surface area contributed by atoms with Crippen LogP contribution in [0.2, 0.25) is 0 Å². The number of aryl methyl sites for hydroxylation is 2. The van der Waals surface area contributed by atoms with E-state index in [0.717, 1.165) is 56.8 Å². The fraction of sp³-hybridized carbons (Fsp3) is 0.810. The van der Waals surface area contributed by atoms with Crippen LogP contribution in [0.25, 0.3) is 0 Å². The first kappa shape index (κ1) is 21.1. The first-order chi connectivity index (χ1) is 13.6. The second kappa shape index (κ2) is 9.74. The van der Waals surface area contributed by atoms with Crippen molar-refractivity contribution in [1.82, 2.24) is 20.7 Å². The summed E-state index contributed by atoms with van der Waals surface area (Å²) < 4.78 is 10.9. The van der Waals surface area contributed by atoms with Gasteiger partial charge in [0, 0.05) is 50.2 Å². The van der Waals surface area contributed by atoms with Crippen LogP contribution < -0.4 is 10.6 Å². The molecule has 7 heteroatoms. The fourth-order valence-electron chi connectivity index (χ4n) is 4.87. The molecule has 1 saturated carbocycles. The predicted octanol–water partition coefficient (Wildman–Crippen LogP) is 2.60. The smallest absolute Gasteiger partial charge is 0.191 e. The van der Waals surface area contributed by atoms with E-state index in [0.29, 0.717) is 5.92 Å². The second-order valence-corrected chi connectivity index (χ2v) is 8.33. The Bertz CT molecular complexity index is 626. The molecule has 0 spiro atoms. The Morgan fingerprint density at radius 2 is 1.89 bits per heavy atom. The van der Waals surface area contributed by atoms with E-state index in [-0.39, 0.29) is 5.54 Å². The molecule has 0 amide bonds. The molecule has 1 aliphatic carbocycles. The third-order valence-corrected chi connectivity index (χ3v) is 6.43. The van der Waals surface area contributed by atoms with Gasteiger partial charge >= 0.3 is 0 Å². The molecule has 1 atom stereocenters. The summed E-state index contributed by atoms with van der Waals surface area (Å²) in [5.41, 5.74) is 2.40. The number of aromatic nitrogens is 1. The summed E-state index contributed by atoms with van der Waals surface area (Å²) in [6.07, 6.45) is 6.50. The van der Waals surface area contributed by atoms with Crippen LogP contribution in [0.3, 0.4) is 0 Å². The molecule has 1 aromatic rings. The Balaban J connectivity index is 1.57. The van der Waals surface area contributed by atoms with Crippen LogP contribution in [0.5, 0.6) is 0 Å². The number of guanidine groups is 1. The molecule has 1 saturated heterocycles. The summed E-state index contributed by atoms with van der Waals surface area (Å²) in [5, 5.41) is 11.2. The summed E-state index contributed by atoms with van der Waals surface area (Å²) in [7, 11) is 1.85. The minimum Gasteiger partial charge on any atom is -0.379 e. The first-order valence-electron chi connectivity index (χ1n) is 10.8.